The molecule has 9 heteroatoms. The highest BCUT2D eigenvalue weighted by molar-refractivity contribution is 5.90. The molecule has 0 amide bonds. The minimum Gasteiger partial charge on any atom is -0.381 e. The van der Waals surface area contributed by atoms with Crippen LogP contribution in [0.1, 0.15) is 25.3 Å². The first kappa shape index (κ1) is 18.5. The molecule has 0 aliphatic carbocycles. The van der Waals surface area contributed by atoms with Crippen molar-refractivity contribution in [1.29, 1.82) is 5.26 Å². The summed E-state index contributed by atoms with van der Waals surface area (Å²) in [5.74, 6) is 1.64. The molecule has 0 radical (unpaired) electrons. The van der Waals surface area contributed by atoms with E-state index in [2.05, 4.69) is 50.1 Å². The van der Waals surface area contributed by atoms with Crippen LogP contribution in [0.2, 0.25) is 0 Å². The average molecular weight is 382 g/mol. The Labute approximate surface area is 164 Å². The van der Waals surface area contributed by atoms with Gasteiger partial charge in [-0.2, -0.15) is 5.26 Å². The number of nitrogens with zero attached hydrogens (tertiary/aromatic N) is 6. The van der Waals surface area contributed by atoms with Crippen LogP contribution in [0.25, 0.3) is 11.0 Å². The number of anilines is 1. The Morgan fingerprint density at radius 1 is 1.36 bits per heavy atom. The fraction of sp³-hybridized carbons (Fsp3) is 0.579. The number of fused-ring (bicyclic) bond motifs is 1. The first-order chi connectivity index (χ1) is 13.7. The Hall–Kier alpha value is -2.86. The molecule has 9 nitrogen and oxygen atoms in total. The van der Waals surface area contributed by atoms with Crippen LogP contribution in [-0.4, -0.2) is 70.7 Å². The maximum absolute atomic E-state index is 9.21. The summed E-state index contributed by atoms with van der Waals surface area (Å²) in [5, 5.41) is 13.1. The fourth-order valence-corrected chi connectivity index (χ4v) is 4.02. The van der Waals surface area contributed by atoms with Crippen LogP contribution >= 0.6 is 0 Å². The predicted octanol–water partition coefficient (Wildman–Crippen LogP) is 1.38. The Bertz CT molecular complexity index is 895. The predicted molar refractivity (Wildman–Crippen MR) is 107 cm³/mol. The first-order valence-corrected chi connectivity index (χ1v) is 9.78. The van der Waals surface area contributed by atoms with Crippen LogP contribution in [0.15, 0.2) is 17.5 Å². The van der Waals surface area contributed by atoms with Crippen LogP contribution in [0.3, 0.4) is 0 Å². The molecule has 0 saturated carbocycles. The summed E-state index contributed by atoms with van der Waals surface area (Å²) in [6, 6.07) is 0.399. The summed E-state index contributed by atoms with van der Waals surface area (Å²) in [6.07, 6.45) is 7.43. The van der Waals surface area contributed by atoms with Gasteiger partial charge in [-0.15, -0.1) is 0 Å². The highest BCUT2D eigenvalue weighted by Gasteiger charge is 2.29. The van der Waals surface area contributed by atoms with Crippen LogP contribution in [0.4, 0.5) is 5.82 Å². The highest BCUT2D eigenvalue weighted by atomic mass is 16.5. The zero-order valence-electron chi connectivity index (χ0n) is 16.4. The monoisotopic (exact) mass is 382 g/mol. The molecule has 2 saturated heterocycles. The minimum absolute atomic E-state index is 0.192. The quantitative estimate of drug-likeness (QED) is 0.350. The molecule has 4 rings (SSSR count). The second kappa shape index (κ2) is 8.02. The number of aromatic nitrogens is 3. The molecule has 4 heterocycles. The van der Waals surface area contributed by atoms with Crippen molar-refractivity contribution >= 4 is 22.8 Å². The SMILES string of the molecule is Cc1c[nH]c2ncnc(N3CCN(C(=NC4CCOCC4)NC#N)[C@@H](C)C3)c12. The lowest BCUT2D eigenvalue weighted by molar-refractivity contribution is 0.0866. The first-order valence-electron chi connectivity index (χ1n) is 9.78. The number of hydrogen-bond acceptors (Lipinski definition) is 6. The number of guanidine groups is 1. The van der Waals surface area contributed by atoms with Crippen LogP contribution in [0.5, 0.6) is 0 Å². The van der Waals surface area contributed by atoms with Crippen molar-refractivity contribution in [3.05, 3.63) is 18.1 Å². The van der Waals surface area contributed by atoms with Crippen molar-refractivity contribution < 1.29 is 4.74 Å². The molecule has 2 aromatic rings. The summed E-state index contributed by atoms with van der Waals surface area (Å²) in [7, 11) is 0. The molecule has 2 aliphatic heterocycles. The van der Waals surface area contributed by atoms with Gasteiger partial charge in [0.2, 0.25) is 5.96 Å². The minimum atomic E-state index is 0.192. The van der Waals surface area contributed by atoms with Gasteiger partial charge in [-0.05, 0) is 32.3 Å². The van der Waals surface area contributed by atoms with Gasteiger partial charge in [0.1, 0.15) is 17.8 Å². The summed E-state index contributed by atoms with van der Waals surface area (Å²) in [5.41, 5.74) is 2.01. The van der Waals surface area contributed by atoms with E-state index in [1.807, 2.05) is 6.20 Å². The Morgan fingerprint density at radius 3 is 2.93 bits per heavy atom. The van der Waals surface area contributed by atoms with E-state index in [1.165, 1.54) is 0 Å². The van der Waals surface area contributed by atoms with Gasteiger partial charge in [0, 0.05) is 45.1 Å². The van der Waals surface area contributed by atoms with Gasteiger partial charge >= 0.3 is 0 Å². The topological polar surface area (TPSA) is 105 Å². The zero-order chi connectivity index (χ0) is 19.5. The van der Waals surface area contributed by atoms with Gasteiger partial charge in [0.15, 0.2) is 6.19 Å². The van der Waals surface area contributed by atoms with E-state index in [1.54, 1.807) is 6.33 Å². The lowest BCUT2D eigenvalue weighted by Crippen LogP contribution is -2.57. The standard InChI is InChI=1S/C19H26N8O/c1-13-9-21-17-16(13)18(24-12-23-17)26-5-6-27(14(2)10-26)19(22-11-20)25-15-3-7-28-8-4-15/h9,12,14-15H,3-8,10H2,1-2H3,(H,22,25)(H,21,23,24)/t14-/m0/s1. The van der Waals surface area contributed by atoms with Crippen molar-refractivity contribution in [3.63, 3.8) is 0 Å². The Morgan fingerprint density at radius 2 is 2.18 bits per heavy atom. The number of piperazine rings is 1. The average Bonchev–Trinajstić information content (AvgIpc) is 3.10. The lowest BCUT2D eigenvalue weighted by atomic mass is 10.1. The number of aliphatic imine (C=N–C) groups is 1. The van der Waals surface area contributed by atoms with Crippen molar-refractivity contribution in [3.8, 4) is 6.19 Å². The van der Waals surface area contributed by atoms with E-state index in [4.69, 9.17) is 9.73 Å². The summed E-state index contributed by atoms with van der Waals surface area (Å²) in [6.45, 7) is 8.08. The molecule has 1 atom stereocenters. The molecule has 0 unspecified atom stereocenters. The molecule has 2 aromatic heterocycles. The van der Waals surface area contributed by atoms with Crippen molar-refractivity contribution in [2.45, 2.75) is 38.8 Å². The number of nitriles is 1. The van der Waals surface area contributed by atoms with E-state index in [0.717, 1.165) is 68.1 Å². The number of ether oxygens (including phenoxy) is 1. The van der Waals surface area contributed by atoms with Crippen molar-refractivity contribution in [2.24, 2.45) is 4.99 Å². The zero-order valence-corrected chi connectivity index (χ0v) is 16.4. The number of aryl methyl sites for hydroxylation is 1. The van der Waals surface area contributed by atoms with Gasteiger partial charge in [-0.1, -0.05) is 0 Å². The van der Waals surface area contributed by atoms with E-state index < -0.39 is 0 Å². The normalized spacial score (nSPS) is 21.8. The number of H-pyrrole nitrogens is 1. The Kier molecular flexibility index (Phi) is 5.30. The number of aromatic amines is 1. The fourth-order valence-electron chi connectivity index (χ4n) is 4.02. The van der Waals surface area contributed by atoms with E-state index in [-0.39, 0.29) is 12.1 Å². The van der Waals surface area contributed by atoms with E-state index in [0.29, 0.717) is 5.96 Å². The maximum atomic E-state index is 9.21. The molecule has 2 fully saturated rings. The second-order valence-electron chi connectivity index (χ2n) is 7.41. The molecular formula is C19H26N8O. The number of rotatable bonds is 2. The molecule has 0 aromatic carbocycles. The van der Waals surface area contributed by atoms with Crippen LogP contribution < -0.4 is 10.2 Å². The van der Waals surface area contributed by atoms with Gasteiger partial charge in [0.25, 0.3) is 0 Å². The summed E-state index contributed by atoms with van der Waals surface area (Å²) >= 11 is 0. The molecule has 28 heavy (non-hydrogen) atoms. The molecule has 0 bridgehead atoms. The van der Waals surface area contributed by atoms with Gasteiger partial charge < -0.3 is 19.5 Å². The third kappa shape index (κ3) is 3.60. The molecule has 0 spiro atoms. The molecule has 2 N–H and O–H groups in total. The molecular weight excluding hydrogens is 356 g/mol. The summed E-state index contributed by atoms with van der Waals surface area (Å²) in [4.78, 5) is 21.4. The van der Waals surface area contributed by atoms with Crippen molar-refractivity contribution in [2.75, 3.05) is 37.7 Å². The van der Waals surface area contributed by atoms with Crippen molar-refractivity contribution in [1.82, 2.24) is 25.2 Å². The van der Waals surface area contributed by atoms with E-state index >= 15 is 0 Å². The largest absolute Gasteiger partial charge is 0.381 e. The molecule has 148 valence electrons. The lowest BCUT2D eigenvalue weighted by Gasteiger charge is -2.41. The Balaban J connectivity index is 1.53. The number of nitrogens with one attached hydrogen (secondary N) is 2. The number of hydrogen-bond donors (Lipinski definition) is 2. The highest BCUT2D eigenvalue weighted by Crippen LogP contribution is 2.27. The van der Waals surface area contributed by atoms with Crippen LogP contribution in [0, 0.1) is 18.4 Å². The molecule has 2 aliphatic rings. The maximum Gasteiger partial charge on any atom is 0.208 e. The smallest absolute Gasteiger partial charge is 0.208 e. The van der Waals surface area contributed by atoms with E-state index in [9.17, 15) is 5.26 Å². The third-order valence-electron chi connectivity index (χ3n) is 5.51. The second-order valence-corrected chi connectivity index (χ2v) is 7.41. The van der Waals surface area contributed by atoms with Crippen LogP contribution in [-0.2, 0) is 4.74 Å². The third-order valence-corrected chi connectivity index (χ3v) is 5.51. The van der Waals surface area contributed by atoms with Gasteiger partial charge in [0.05, 0.1) is 11.4 Å². The van der Waals surface area contributed by atoms with Gasteiger partial charge in [-0.25, -0.2) is 15.0 Å². The summed E-state index contributed by atoms with van der Waals surface area (Å²) < 4.78 is 5.42. The van der Waals surface area contributed by atoms with Gasteiger partial charge in [-0.3, -0.25) is 5.32 Å².